The van der Waals surface area contributed by atoms with Crippen molar-refractivity contribution >= 4 is 12.2 Å². The Hall–Kier alpha value is -1.94. The van der Waals surface area contributed by atoms with Crippen LogP contribution in [0.4, 0.5) is 4.79 Å². The molecule has 0 fully saturated rings. The molecule has 0 atom stereocenters. The minimum Gasteiger partial charge on any atom is -0.443 e. The number of hydrogen-bond acceptors (Lipinski definition) is 5. The van der Waals surface area contributed by atoms with E-state index in [1.807, 2.05) is 0 Å². The molecule has 0 N–H and O–H groups in total. The van der Waals surface area contributed by atoms with Crippen LogP contribution in [0.15, 0.2) is 17.5 Å². The van der Waals surface area contributed by atoms with Crippen LogP contribution in [-0.4, -0.2) is 27.3 Å². The molecule has 0 saturated heterocycles. The molecule has 18 heavy (non-hydrogen) atoms. The molecule has 1 rings (SSSR count). The Morgan fingerprint density at radius 1 is 1.39 bits per heavy atom. The van der Waals surface area contributed by atoms with Gasteiger partial charge in [-0.1, -0.05) is 0 Å². The molecule has 98 valence electrons. The fourth-order valence-electron chi connectivity index (χ4n) is 1.22. The summed E-state index contributed by atoms with van der Waals surface area (Å²) in [6, 6.07) is 0. The predicted molar refractivity (Wildman–Crippen MR) is 65.0 cm³/mol. The fourth-order valence-corrected chi connectivity index (χ4v) is 1.22. The van der Waals surface area contributed by atoms with Crippen LogP contribution in [0.25, 0.3) is 0 Å². The van der Waals surface area contributed by atoms with Gasteiger partial charge >= 0.3 is 6.09 Å². The second-order valence-electron chi connectivity index (χ2n) is 5.41. The summed E-state index contributed by atoms with van der Waals surface area (Å²) < 4.78 is 6.41. The molecule has 0 bridgehead atoms. The van der Waals surface area contributed by atoms with Gasteiger partial charge in [0.15, 0.2) is 0 Å². The van der Waals surface area contributed by atoms with E-state index in [9.17, 15) is 9.59 Å². The Kier molecular flexibility index (Phi) is 3.72. The number of nitrogens with zero attached hydrogens (tertiary/aromatic N) is 3. The summed E-state index contributed by atoms with van der Waals surface area (Å²) in [5.41, 5.74) is -0.885. The molecule has 0 radical (unpaired) electrons. The molecule has 1 aromatic heterocycles. The lowest BCUT2D eigenvalue weighted by Crippen LogP contribution is -2.26. The molecule has 6 heteroatoms. The number of imidazole rings is 1. The number of aliphatic imine (C=N–C) groups is 1. The van der Waals surface area contributed by atoms with Crippen molar-refractivity contribution in [3.8, 4) is 0 Å². The van der Waals surface area contributed by atoms with Crippen LogP contribution < -0.4 is 0 Å². The van der Waals surface area contributed by atoms with Crippen molar-refractivity contribution in [2.45, 2.75) is 45.8 Å². The Labute approximate surface area is 106 Å². The monoisotopic (exact) mass is 251 g/mol. The highest BCUT2D eigenvalue weighted by Gasteiger charge is 2.25. The topological polar surface area (TPSA) is 73.6 Å². The molecular weight excluding hydrogens is 234 g/mol. The first kappa shape index (κ1) is 14.1. The third kappa shape index (κ3) is 3.53. The highest BCUT2D eigenvalue weighted by Crippen LogP contribution is 2.22. The van der Waals surface area contributed by atoms with Crippen LogP contribution in [-0.2, 0) is 15.1 Å². The van der Waals surface area contributed by atoms with Gasteiger partial charge in [0.2, 0.25) is 6.08 Å². The smallest absolute Gasteiger partial charge is 0.419 e. The average Bonchev–Trinajstić information content (AvgIpc) is 2.63. The van der Waals surface area contributed by atoms with Gasteiger partial charge in [-0.25, -0.2) is 19.1 Å². The van der Waals surface area contributed by atoms with Crippen LogP contribution in [0.3, 0.4) is 0 Å². The second-order valence-corrected chi connectivity index (χ2v) is 5.41. The molecular formula is C12H17N3O3. The van der Waals surface area contributed by atoms with Crippen molar-refractivity contribution in [3.63, 3.8) is 0 Å². The highest BCUT2D eigenvalue weighted by atomic mass is 16.6. The third-order valence-electron chi connectivity index (χ3n) is 2.14. The standard InChI is InChI=1S/C12H17N3O3/c1-11(2,3)18-10(17)15-6-9(13-7-15)12(4,5)14-8-16/h6-7H,1-5H3. The number of carbonyl (C=O) groups excluding carboxylic acids is 2. The van der Waals surface area contributed by atoms with E-state index >= 15 is 0 Å². The van der Waals surface area contributed by atoms with Gasteiger partial charge in [-0.05, 0) is 34.6 Å². The van der Waals surface area contributed by atoms with Crippen LogP contribution in [0.2, 0.25) is 0 Å². The van der Waals surface area contributed by atoms with Gasteiger partial charge in [0.05, 0.1) is 5.69 Å². The Morgan fingerprint density at radius 2 is 2.00 bits per heavy atom. The number of isocyanates is 1. The summed E-state index contributed by atoms with van der Waals surface area (Å²) in [6.45, 7) is 8.76. The lowest BCUT2D eigenvalue weighted by molar-refractivity contribution is 0.0536. The maximum atomic E-state index is 11.8. The van der Waals surface area contributed by atoms with Crippen molar-refractivity contribution in [2.75, 3.05) is 0 Å². The average molecular weight is 251 g/mol. The van der Waals surface area contributed by atoms with Gasteiger partial charge in [0, 0.05) is 6.20 Å². The van der Waals surface area contributed by atoms with Gasteiger partial charge in [0.1, 0.15) is 17.5 Å². The molecule has 0 aliphatic rings. The molecule has 0 amide bonds. The zero-order chi connectivity index (χ0) is 14.0. The lowest BCUT2D eigenvalue weighted by Gasteiger charge is -2.19. The molecule has 0 aliphatic carbocycles. The van der Waals surface area contributed by atoms with E-state index in [2.05, 4.69) is 9.98 Å². The minimum atomic E-state index is -0.811. The van der Waals surface area contributed by atoms with Crippen molar-refractivity contribution in [3.05, 3.63) is 18.2 Å². The van der Waals surface area contributed by atoms with Crippen molar-refractivity contribution < 1.29 is 14.3 Å². The van der Waals surface area contributed by atoms with Gasteiger partial charge in [0.25, 0.3) is 0 Å². The van der Waals surface area contributed by atoms with Crippen molar-refractivity contribution in [1.82, 2.24) is 9.55 Å². The summed E-state index contributed by atoms with van der Waals surface area (Å²) in [5, 5.41) is 0. The van der Waals surface area contributed by atoms with Crippen LogP contribution in [0, 0.1) is 0 Å². The predicted octanol–water partition coefficient (Wildman–Crippen LogP) is 2.24. The van der Waals surface area contributed by atoms with Gasteiger partial charge in [-0.3, -0.25) is 0 Å². The molecule has 0 aromatic carbocycles. The van der Waals surface area contributed by atoms with Gasteiger partial charge in [-0.2, -0.15) is 4.99 Å². The zero-order valence-electron chi connectivity index (χ0n) is 11.2. The van der Waals surface area contributed by atoms with E-state index in [0.29, 0.717) is 5.69 Å². The minimum absolute atomic E-state index is 0.497. The second kappa shape index (κ2) is 4.74. The van der Waals surface area contributed by atoms with E-state index in [1.54, 1.807) is 34.6 Å². The third-order valence-corrected chi connectivity index (χ3v) is 2.14. The van der Waals surface area contributed by atoms with Crippen molar-refractivity contribution in [1.29, 1.82) is 0 Å². The van der Waals surface area contributed by atoms with E-state index in [1.165, 1.54) is 23.2 Å². The summed E-state index contributed by atoms with van der Waals surface area (Å²) >= 11 is 0. The first-order valence-electron chi connectivity index (χ1n) is 5.52. The Bertz CT molecular complexity index is 491. The van der Waals surface area contributed by atoms with E-state index < -0.39 is 17.2 Å². The molecule has 6 nitrogen and oxygen atoms in total. The van der Waals surface area contributed by atoms with Gasteiger partial charge in [-0.15, -0.1) is 0 Å². The van der Waals surface area contributed by atoms with E-state index in [4.69, 9.17) is 4.74 Å². The summed E-state index contributed by atoms with van der Waals surface area (Å²) in [5.74, 6) is 0. The normalized spacial score (nSPS) is 11.8. The first-order chi connectivity index (χ1) is 8.15. The van der Waals surface area contributed by atoms with Crippen LogP contribution in [0.5, 0.6) is 0 Å². The SMILES string of the molecule is CC(C)(C)OC(=O)n1cnc(C(C)(C)N=C=O)c1. The number of aromatic nitrogens is 2. The highest BCUT2D eigenvalue weighted by molar-refractivity contribution is 5.70. The van der Waals surface area contributed by atoms with Crippen LogP contribution >= 0.6 is 0 Å². The molecule has 1 aromatic rings. The largest absolute Gasteiger partial charge is 0.443 e. The fraction of sp³-hybridized carbons (Fsp3) is 0.583. The molecule has 0 saturated carbocycles. The van der Waals surface area contributed by atoms with Gasteiger partial charge < -0.3 is 4.74 Å². The number of rotatable bonds is 2. The Morgan fingerprint density at radius 3 is 2.50 bits per heavy atom. The number of hydrogen-bond donors (Lipinski definition) is 0. The molecule has 0 unspecified atom stereocenters. The number of carbonyl (C=O) groups is 1. The number of ether oxygens (including phenoxy) is 1. The molecule has 0 spiro atoms. The summed E-state index contributed by atoms with van der Waals surface area (Å²) in [6.07, 6.45) is 3.81. The summed E-state index contributed by atoms with van der Waals surface area (Å²) in [7, 11) is 0. The molecule has 0 aliphatic heterocycles. The van der Waals surface area contributed by atoms with E-state index in [-0.39, 0.29) is 0 Å². The molecule has 1 heterocycles. The lowest BCUT2D eigenvalue weighted by atomic mass is 10.0. The van der Waals surface area contributed by atoms with Crippen LogP contribution in [0.1, 0.15) is 40.3 Å². The first-order valence-corrected chi connectivity index (χ1v) is 5.52. The Balaban J connectivity index is 2.94. The zero-order valence-corrected chi connectivity index (χ0v) is 11.2. The quantitative estimate of drug-likeness (QED) is 0.596. The van der Waals surface area contributed by atoms with Crippen molar-refractivity contribution in [2.24, 2.45) is 4.99 Å². The summed E-state index contributed by atoms with van der Waals surface area (Å²) in [4.78, 5) is 29.7. The van der Waals surface area contributed by atoms with E-state index in [0.717, 1.165) is 0 Å². The maximum Gasteiger partial charge on any atom is 0.419 e. The maximum absolute atomic E-state index is 11.8.